The second-order valence-electron chi connectivity index (χ2n) is 7.67. The molecule has 6 heteroatoms. The van der Waals surface area contributed by atoms with Gasteiger partial charge in [0.05, 0.1) is 6.04 Å². The molecule has 6 nitrogen and oxygen atoms in total. The zero-order chi connectivity index (χ0) is 20.9. The number of likely N-dealkylation sites (tertiary alicyclic amines) is 1. The molecule has 0 spiro atoms. The van der Waals surface area contributed by atoms with E-state index in [1.54, 1.807) is 12.1 Å². The van der Waals surface area contributed by atoms with Crippen molar-refractivity contribution in [1.82, 2.24) is 10.2 Å². The molecule has 1 atom stereocenters. The van der Waals surface area contributed by atoms with E-state index in [4.69, 9.17) is 9.15 Å². The van der Waals surface area contributed by atoms with E-state index in [1.807, 2.05) is 31.2 Å². The van der Waals surface area contributed by atoms with Gasteiger partial charge in [-0.2, -0.15) is 0 Å². The van der Waals surface area contributed by atoms with E-state index in [2.05, 4.69) is 22.3 Å². The van der Waals surface area contributed by atoms with Gasteiger partial charge in [0.15, 0.2) is 6.61 Å². The predicted molar refractivity (Wildman–Crippen MR) is 116 cm³/mol. The van der Waals surface area contributed by atoms with Gasteiger partial charge >= 0.3 is 5.63 Å². The zero-order valence-electron chi connectivity index (χ0n) is 17.1. The first-order chi connectivity index (χ1) is 14.6. The van der Waals surface area contributed by atoms with Gasteiger partial charge in [-0.05, 0) is 56.1 Å². The van der Waals surface area contributed by atoms with Gasteiger partial charge < -0.3 is 14.5 Å². The van der Waals surface area contributed by atoms with Crippen LogP contribution in [0.2, 0.25) is 0 Å². The van der Waals surface area contributed by atoms with Crippen LogP contribution in [0.25, 0.3) is 11.0 Å². The number of benzene rings is 2. The Kier molecular flexibility index (Phi) is 6.14. The predicted octanol–water partition coefficient (Wildman–Crippen LogP) is 3.43. The van der Waals surface area contributed by atoms with Crippen LogP contribution in [0.15, 0.2) is 63.8 Å². The minimum Gasteiger partial charge on any atom is -0.484 e. The molecule has 1 N–H and O–H groups in total. The summed E-state index contributed by atoms with van der Waals surface area (Å²) < 4.78 is 10.9. The van der Waals surface area contributed by atoms with E-state index >= 15 is 0 Å². The minimum atomic E-state index is -0.399. The van der Waals surface area contributed by atoms with Crippen LogP contribution in [0, 0.1) is 6.92 Å². The molecule has 1 aliphatic rings. The molecule has 0 bridgehead atoms. The maximum atomic E-state index is 12.4. The molecule has 156 valence electrons. The summed E-state index contributed by atoms with van der Waals surface area (Å²) in [4.78, 5) is 26.4. The Balaban J connectivity index is 1.37. The standard InChI is InChI=1S/C24H26N2O4/c1-17-13-24(28)30-22-14-19(9-10-20(17)22)29-16-23(27)25-15-21(26-11-5-6-12-26)18-7-3-2-4-8-18/h2-4,7-10,13-14,21H,5-6,11-12,15-16H2,1H3,(H,25,27)/t21-/m1/s1. The molecule has 4 rings (SSSR count). The molecular weight excluding hydrogens is 380 g/mol. The maximum Gasteiger partial charge on any atom is 0.336 e. The zero-order valence-corrected chi connectivity index (χ0v) is 17.1. The summed E-state index contributed by atoms with van der Waals surface area (Å²) in [6, 6.07) is 17.2. The van der Waals surface area contributed by atoms with Crippen LogP contribution in [0.1, 0.15) is 30.0 Å². The number of nitrogens with one attached hydrogen (secondary N) is 1. The topological polar surface area (TPSA) is 71.8 Å². The third-order valence-electron chi connectivity index (χ3n) is 5.55. The van der Waals surface area contributed by atoms with Crippen molar-refractivity contribution in [2.45, 2.75) is 25.8 Å². The lowest BCUT2D eigenvalue weighted by atomic mass is 10.1. The fraction of sp³-hybridized carbons (Fsp3) is 0.333. The third-order valence-corrected chi connectivity index (χ3v) is 5.55. The second kappa shape index (κ2) is 9.13. The first-order valence-electron chi connectivity index (χ1n) is 10.3. The first-order valence-corrected chi connectivity index (χ1v) is 10.3. The number of nitrogens with zero attached hydrogens (tertiary/aromatic N) is 1. The maximum absolute atomic E-state index is 12.4. The van der Waals surface area contributed by atoms with Crippen molar-refractivity contribution < 1.29 is 13.9 Å². The third kappa shape index (κ3) is 4.71. The van der Waals surface area contributed by atoms with Gasteiger partial charge in [0, 0.05) is 24.1 Å². The molecule has 0 unspecified atom stereocenters. The van der Waals surface area contributed by atoms with Crippen molar-refractivity contribution in [3.05, 3.63) is 76.1 Å². The van der Waals surface area contributed by atoms with E-state index in [0.717, 1.165) is 24.0 Å². The highest BCUT2D eigenvalue weighted by Crippen LogP contribution is 2.25. The molecule has 1 aromatic heterocycles. The largest absolute Gasteiger partial charge is 0.484 e. The summed E-state index contributed by atoms with van der Waals surface area (Å²) in [6.45, 7) is 4.40. The van der Waals surface area contributed by atoms with Gasteiger partial charge in [-0.3, -0.25) is 9.69 Å². The number of aryl methyl sites for hydroxylation is 1. The van der Waals surface area contributed by atoms with Crippen LogP contribution in [0.4, 0.5) is 0 Å². The normalized spacial score (nSPS) is 15.2. The van der Waals surface area contributed by atoms with Crippen LogP contribution >= 0.6 is 0 Å². The van der Waals surface area contributed by atoms with Crippen molar-refractivity contribution in [3.8, 4) is 5.75 Å². The van der Waals surface area contributed by atoms with Crippen molar-refractivity contribution in [1.29, 1.82) is 0 Å². The van der Waals surface area contributed by atoms with Gasteiger partial charge in [0.2, 0.25) is 0 Å². The number of fused-ring (bicyclic) bond motifs is 1. The molecule has 1 amide bonds. The van der Waals surface area contributed by atoms with Gasteiger partial charge in [0.25, 0.3) is 5.91 Å². The van der Waals surface area contributed by atoms with Crippen molar-refractivity contribution >= 4 is 16.9 Å². The van der Waals surface area contributed by atoms with Crippen molar-refractivity contribution in [2.24, 2.45) is 0 Å². The molecule has 30 heavy (non-hydrogen) atoms. The Morgan fingerprint density at radius 1 is 1.13 bits per heavy atom. The van der Waals surface area contributed by atoms with E-state index < -0.39 is 5.63 Å². The molecule has 2 heterocycles. The molecule has 1 saturated heterocycles. The number of hydrogen-bond donors (Lipinski definition) is 1. The SMILES string of the molecule is Cc1cc(=O)oc2cc(OCC(=O)NC[C@H](c3ccccc3)N3CCCC3)ccc12. The molecular formula is C24H26N2O4. The highest BCUT2D eigenvalue weighted by Gasteiger charge is 2.23. The van der Waals surface area contributed by atoms with E-state index in [0.29, 0.717) is 17.9 Å². The summed E-state index contributed by atoms with van der Waals surface area (Å²) >= 11 is 0. The lowest BCUT2D eigenvalue weighted by Gasteiger charge is -2.28. The molecule has 1 fully saturated rings. The van der Waals surface area contributed by atoms with Gasteiger partial charge in [-0.1, -0.05) is 30.3 Å². The number of carbonyl (C=O) groups is 1. The average Bonchev–Trinajstić information content (AvgIpc) is 3.27. The molecule has 0 radical (unpaired) electrons. The molecule has 3 aromatic rings. The van der Waals surface area contributed by atoms with Crippen LogP contribution in [0.5, 0.6) is 5.75 Å². The summed E-state index contributed by atoms with van der Waals surface area (Å²) in [5.74, 6) is 0.312. The highest BCUT2D eigenvalue weighted by atomic mass is 16.5. The van der Waals surface area contributed by atoms with E-state index in [9.17, 15) is 9.59 Å². The van der Waals surface area contributed by atoms with Crippen LogP contribution < -0.4 is 15.7 Å². The summed E-state index contributed by atoms with van der Waals surface area (Å²) in [5.41, 5.74) is 2.11. The molecule has 1 aliphatic heterocycles. The fourth-order valence-electron chi connectivity index (χ4n) is 3.99. The fourth-order valence-corrected chi connectivity index (χ4v) is 3.99. The molecule has 0 aliphatic carbocycles. The Hall–Kier alpha value is -3.12. The summed E-state index contributed by atoms with van der Waals surface area (Å²) in [7, 11) is 0. The smallest absolute Gasteiger partial charge is 0.336 e. The van der Waals surface area contributed by atoms with Gasteiger partial charge in [-0.25, -0.2) is 4.79 Å². The summed E-state index contributed by atoms with van der Waals surface area (Å²) in [5, 5.41) is 3.85. The summed E-state index contributed by atoms with van der Waals surface area (Å²) in [6.07, 6.45) is 2.38. The van der Waals surface area contributed by atoms with Crippen molar-refractivity contribution in [2.75, 3.05) is 26.2 Å². The van der Waals surface area contributed by atoms with Crippen LogP contribution in [-0.2, 0) is 4.79 Å². The number of hydrogen-bond acceptors (Lipinski definition) is 5. The Bertz CT molecular complexity index is 1070. The highest BCUT2D eigenvalue weighted by molar-refractivity contribution is 5.81. The van der Waals surface area contributed by atoms with Gasteiger partial charge in [-0.15, -0.1) is 0 Å². The monoisotopic (exact) mass is 406 g/mol. The lowest BCUT2D eigenvalue weighted by Crippen LogP contribution is -2.38. The van der Waals surface area contributed by atoms with E-state index in [-0.39, 0.29) is 18.6 Å². The van der Waals surface area contributed by atoms with Gasteiger partial charge in [0.1, 0.15) is 11.3 Å². The second-order valence-corrected chi connectivity index (χ2v) is 7.67. The van der Waals surface area contributed by atoms with Crippen molar-refractivity contribution in [3.63, 3.8) is 0 Å². The van der Waals surface area contributed by atoms with E-state index in [1.165, 1.54) is 24.5 Å². The number of ether oxygens (including phenoxy) is 1. The average molecular weight is 406 g/mol. The van der Waals surface area contributed by atoms with Crippen LogP contribution in [-0.4, -0.2) is 37.0 Å². The minimum absolute atomic E-state index is 0.0942. The molecule has 2 aromatic carbocycles. The number of amides is 1. The Labute approximate surface area is 175 Å². The lowest BCUT2D eigenvalue weighted by molar-refractivity contribution is -0.123. The first kappa shape index (κ1) is 20.2. The Morgan fingerprint density at radius 2 is 1.90 bits per heavy atom. The Morgan fingerprint density at radius 3 is 2.67 bits per heavy atom. The number of carbonyl (C=O) groups excluding carboxylic acids is 1. The number of rotatable bonds is 7. The molecule has 0 saturated carbocycles. The quantitative estimate of drug-likeness (QED) is 0.609. The van der Waals surface area contributed by atoms with Crippen LogP contribution in [0.3, 0.4) is 0 Å².